The molecule has 0 atom stereocenters. The second kappa shape index (κ2) is 8.24. The molecule has 4 rings (SSSR count). The first kappa shape index (κ1) is 21.8. The van der Waals surface area contributed by atoms with Crippen LogP contribution in [-0.2, 0) is 19.0 Å². The zero-order valence-corrected chi connectivity index (χ0v) is 17.7. The van der Waals surface area contributed by atoms with Crippen LogP contribution in [-0.4, -0.2) is 15.7 Å². The van der Waals surface area contributed by atoms with E-state index in [1.54, 1.807) is 0 Å². The molecule has 0 radical (unpaired) electrons. The summed E-state index contributed by atoms with van der Waals surface area (Å²) in [6, 6.07) is 7.73. The van der Waals surface area contributed by atoms with E-state index < -0.39 is 28.8 Å². The fraction of sp³-hybridized carbons (Fsp3) is 0.273. The van der Waals surface area contributed by atoms with Crippen LogP contribution < -0.4 is 10.7 Å². The van der Waals surface area contributed by atoms with Crippen LogP contribution in [0.25, 0.3) is 5.69 Å². The van der Waals surface area contributed by atoms with Crippen molar-refractivity contribution >= 4 is 22.2 Å². The Kier molecular flexibility index (Phi) is 5.60. The highest BCUT2D eigenvalue weighted by Crippen LogP contribution is 2.37. The molecule has 0 spiro atoms. The van der Waals surface area contributed by atoms with Gasteiger partial charge in [-0.2, -0.15) is 23.5 Å². The summed E-state index contributed by atoms with van der Waals surface area (Å²) in [6.07, 6.45) is -0.986. The van der Waals surface area contributed by atoms with Crippen LogP contribution in [0.5, 0.6) is 0 Å². The van der Waals surface area contributed by atoms with Crippen LogP contribution in [0.1, 0.15) is 50.6 Å². The number of hydrogen-bond acceptors (Lipinski definition) is 5. The van der Waals surface area contributed by atoms with Gasteiger partial charge in [0, 0.05) is 16.6 Å². The van der Waals surface area contributed by atoms with Crippen LogP contribution in [0.4, 0.5) is 18.2 Å². The molecule has 2 aromatic heterocycles. The molecule has 0 bridgehead atoms. The zero-order chi connectivity index (χ0) is 23.0. The second-order valence-electron chi connectivity index (χ2n) is 7.44. The molecule has 10 heteroatoms. The van der Waals surface area contributed by atoms with E-state index in [0.717, 1.165) is 59.0 Å². The number of nitrogens with one attached hydrogen (secondary N) is 1. The van der Waals surface area contributed by atoms with Crippen molar-refractivity contribution in [2.24, 2.45) is 0 Å². The molecule has 0 aliphatic heterocycles. The fourth-order valence-corrected chi connectivity index (χ4v) is 4.95. The van der Waals surface area contributed by atoms with Gasteiger partial charge in [0.25, 0.3) is 5.91 Å². The molecule has 0 saturated heterocycles. The Morgan fingerprint density at radius 3 is 2.72 bits per heavy atom. The van der Waals surface area contributed by atoms with Gasteiger partial charge in [-0.25, -0.2) is 4.68 Å². The third-order valence-electron chi connectivity index (χ3n) is 5.25. The summed E-state index contributed by atoms with van der Waals surface area (Å²) in [6.45, 7) is 1.51. The van der Waals surface area contributed by atoms with Crippen LogP contribution in [0.15, 0.2) is 35.1 Å². The predicted molar refractivity (Wildman–Crippen MR) is 113 cm³/mol. The first-order chi connectivity index (χ1) is 15.2. The molecule has 1 N–H and O–H groups in total. The Morgan fingerprint density at radius 2 is 2.00 bits per heavy atom. The fourth-order valence-electron chi connectivity index (χ4n) is 3.71. The Balaban J connectivity index is 1.72. The van der Waals surface area contributed by atoms with Crippen molar-refractivity contribution in [2.45, 2.75) is 38.8 Å². The molecule has 1 amide bonds. The van der Waals surface area contributed by atoms with Gasteiger partial charge < -0.3 is 5.32 Å². The molecule has 164 valence electrons. The van der Waals surface area contributed by atoms with Crippen molar-refractivity contribution in [2.75, 3.05) is 5.32 Å². The first-order valence-electron chi connectivity index (χ1n) is 9.83. The highest BCUT2D eigenvalue weighted by atomic mass is 32.1. The molecule has 0 saturated carbocycles. The maximum absolute atomic E-state index is 13.1. The third-order valence-corrected chi connectivity index (χ3v) is 6.46. The molecule has 0 unspecified atom stereocenters. The number of carbonyl (C=O) groups is 1. The maximum Gasteiger partial charge on any atom is 0.416 e. The SMILES string of the molecule is Cc1cc(=O)c(C(=O)Nc2sc3c(c2C#N)CCCC3)nn1-c1cccc(C(F)(F)F)c1. The summed E-state index contributed by atoms with van der Waals surface area (Å²) in [5.41, 5.74) is -0.346. The number of benzene rings is 1. The molecule has 1 aliphatic rings. The number of nitriles is 1. The van der Waals surface area contributed by atoms with Gasteiger partial charge in [-0.15, -0.1) is 11.3 Å². The minimum atomic E-state index is -4.55. The number of aryl methyl sites for hydroxylation is 2. The topological polar surface area (TPSA) is 87.8 Å². The number of hydrogen-bond donors (Lipinski definition) is 1. The Labute approximate surface area is 184 Å². The van der Waals surface area contributed by atoms with E-state index in [1.165, 1.54) is 30.4 Å². The molecule has 0 fully saturated rings. The second-order valence-corrected chi connectivity index (χ2v) is 8.54. The number of thiophene rings is 1. The normalized spacial score (nSPS) is 13.3. The standard InChI is InChI=1S/C22H17F3N4O2S/c1-12-9-17(30)19(28-29(12)14-6-4-5-13(10-14)22(23,24)25)20(31)27-21-16(11-26)15-7-2-3-8-18(15)32-21/h4-6,9-10H,2-3,7-8H2,1H3,(H,27,31). The van der Waals surface area contributed by atoms with Gasteiger partial charge in [0.05, 0.1) is 16.8 Å². The van der Waals surface area contributed by atoms with Crippen molar-refractivity contribution in [3.05, 3.63) is 73.5 Å². The van der Waals surface area contributed by atoms with Crippen LogP contribution >= 0.6 is 11.3 Å². The molecule has 3 aromatic rings. The number of rotatable bonds is 3. The number of halogens is 3. The van der Waals surface area contributed by atoms with Crippen LogP contribution in [0.2, 0.25) is 0 Å². The van der Waals surface area contributed by atoms with Gasteiger partial charge >= 0.3 is 6.18 Å². The molecule has 1 aromatic carbocycles. The van der Waals surface area contributed by atoms with E-state index in [0.29, 0.717) is 10.6 Å². The largest absolute Gasteiger partial charge is 0.416 e. The van der Waals surface area contributed by atoms with Crippen molar-refractivity contribution < 1.29 is 18.0 Å². The van der Waals surface area contributed by atoms with E-state index in [2.05, 4.69) is 16.5 Å². The van der Waals surface area contributed by atoms with E-state index in [9.17, 15) is 28.0 Å². The number of nitrogens with zero attached hydrogens (tertiary/aromatic N) is 3. The van der Waals surface area contributed by atoms with Crippen molar-refractivity contribution in [3.8, 4) is 11.8 Å². The summed E-state index contributed by atoms with van der Waals surface area (Å²) >= 11 is 1.31. The number of alkyl halides is 3. The van der Waals surface area contributed by atoms with Gasteiger partial charge in [0.15, 0.2) is 5.69 Å². The maximum atomic E-state index is 13.1. The lowest BCUT2D eigenvalue weighted by Gasteiger charge is -2.13. The summed E-state index contributed by atoms with van der Waals surface area (Å²) in [7, 11) is 0. The lowest BCUT2D eigenvalue weighted by molar-refractivity contribution is -0.137. The smallest absolute Gasteiger partial charge is 0.311 e. The molecule has 32 heavy (non-hydrogen) atoms. The average molecular weight is 458 g/mol. The van der Waals surface area contributed by atoms with Crippen LogP contribution in [0.3, 0.4) is 0 Å². The number of fused-ring (bicyclic) bond motifs is 1. The number of amides is 1. The lowest BCUT2D eigenvalue weighted by Crippen LogP contribution is -2.27. The minimum Gasteiger partial charge on any atom is -0.311 e. The number of carbonyl (C=O) groups excluding carboxylic acids is 1. The summed E-state index contributed by atoms with van der Waals surface area (Å²) in [5.74, 6) is -0.814. The van der Waals surface area contributed by atoms with Crippen molar-refractivity contribution in [1.29, 1.82) is 5.26 Å². The number of aromatic nitrogens is 2. The molecule has 6 nitrogen and oxygen atoms in total. The minimum absolute atomic E-state index is 0.0654. The summed E-state index contributed by atoms with van der Waals surface area (Å²) in [4.78, 5) is 26.4. The number of anilines is 1. The average Bonchev–Trinajstić information content (AvgIpc) is 3.10. The van der Waals surface area contributed by atoms with E-state index in [-0.39, 0.29) is 11.4 Å². The first-order valence-corrected chi connectivity index (χ1v) is 10.7. The molecule has 1 aliphatic carbocycles. The Morgan fingerprint density at radius 1 is 1.25 bits per heavy atom. The highest BCUT2D eigenvalue weighted by molar-refractivity contribution is 7.16. The van der Waals surface area contributed by atoms with Gasteiger partial charge in [-0.3, -0.25) is 9.59 Å². The van der Waals surface area contributed by atoms with E-state index in [1.807, 2.05) is 0 Å². The lowest BCUT2D eigenvalue weighted by atomic mass is 9.96. The van der Waals surface area contributed by atoms with Crippen molar-refractivity contribution in [1.82, 2.24) is 9.78 Å². The third kappa shape index (κ3) is 4.03. The highest BCUT2D eigenvalue weighted by Gasteiger charge is 2.31. The quantitative estimate of drug-likeness (QED) is 0.620. The van der Waals surface area contributed by atoms with Gasteiger partial charge in [0.1, 0.15) is 11.1 Å². The van der Waals surface area contributed by atoms with Gasteiger partial charge in [0.2, 0.25) is 5.43 Å². The van der Waals surface area contributed by atoms with Crippen molar-refractivity contribution in [3.63, 3.8) is 0 Å². The predicted octanol–water partition coefficient (Wildman–Crippen LogP) is 4.62. The van der Waals surface area contributed by atoms with E-state index in [4.69, 9.17) is 0 Å². The Bertz CT molecular complexity index is 1320. The van der Waals surface area contributed by atoms with Crippen LogP contribution in [0, 0.1) is 18.3 Å². The van der Waals surface area contributed by atoms with Gasteiger partial charge in [-0.1, -0.05) is 6.07 Å². The van der Waals surface area contributed by atoms with E-state index >= 15 is 0 Å². The summed E-state index contributed by atoms with van der Waals surface area (Å²) < 4.78 is 40.4. The molecular weight excluding hydrogens is 441 g/mol. The Hall–Kier alpha value is -3.45. The molecular formula is C22H17F3N4O2S. The summed E-state index contributed by atoms with van der Waals surface area (Å²) in [5, 5.41) is 16.6. The monoisotopic (exact) mass is 458 g/mol. The molecule has 2 heterocycles. The zero-order valence-electron chi connectivity index (χ0n) is 16.9. The van der Waals surface area contributed by atoms with Gasteiger partial charge in [-0.05, 0) is 56.4 Å².